The van der Waals surface area contributed by atoms with Gasteiger partial charge in [-0.3, -0.25) is 0 Å². The van der Waals surface area contributed by atoms with Gasteiger partial charge in [0.05, 0.1) is 22.7 Å². The summed E-state index contributed by atoms with van der Waals surface area (Å²) in [5, 5.41) is 16.4. The van der Waals surface area contributed by atoms with Crippen LogP contribution in [0, 0.1) is 76.2 Å². The lowest BCUT2D eigenvalue weighted by Crippen LogP contribution is -2.24. The standard InChI is InChI=1S/2C60H66N2/c1-35-16-24-49(40(6)28-35)61(51-32-43(58(8,9)10)20-18-37(51)3)53-30-39(5)45-22-23-46-54(31-42-26-27-60(14,15)48-34-47(53)56(45)57(46)55(42)48)62(50-25-17-36(2)29-41(50)7)52-33-44(59(11,12)13)21-19-38(52)4;1-36(2)46-35-54(62(50-22-18-16-20-38(50)4)52-33-43(59(10,11)12)26-24-40(52)6)47-34-48-55-41(29-30-60(48,13)14)31-53(45-28-27-44(46)56(47)57(45)55)61(49-21-17-15-19-37(49)3)51-32-42(58(7,8)9)25-23-39(51)5/h16-25,28-34H,26-27H2,1-15H3;15-28,31-36H,29-30H2,1-14H3. The van der Waals surface area contributed by atoms with Crippen molar-refractivity contribution in [2.45, 2.75) is 265 Å². The Hall–Kier alpha value is -11.2. The Kier molecular flexibility index (Phi) is 21.0. The molecule has 0 saturated carbocycles. The Labute approximate surface area is 742 Å². The summed E-state index contributed by atoms with van der Waals surface area (Å²) in [5.41, 5.74) is 41.5. The summed E-state index contributed by atoms with van der Waals surface area (Å²) < 4.78 is 0. The van der Waals surface area contributed by atoms with Crippen molar-refractivity contribution in [2.24, 2.45) is 0 Å². The molecule has 0 atom stereocenters. The van der Waals surface area contributed by atoms with E-state index in [-0.39, 0.29) is 32.5 Å². The number of hydrogen-bond acceptors (Lipinski definition) is 4. The van der Waals surface area contributed by atoms with Crippen LogP contribution in [0.15, 0.2) is 218 Å². The highest BCUT2D eigenvalue weighted by Crippen LogP contribution is 2.59. The smallest absolute Gasteiger partial charge is 0.0543 e. The second-order valence-corrected chi connectivity index (χ2v) is 43.2. The van der Waals surface area contributed by atoms with Gasteiger partial charge in [0.15, 0.2) is 0 Å². The highest BCUT2D eigenvalue weighted by atomic mass is 15.2. The minimum Gasteiger partial charge on any atom is -0.309 e. The van der Waals surface area contributed by atoms with Crippen LogP contribution in [-0.2, 0) is 45.3 Å². The quantitative estimate of drug-likeness (QED) is 0.107. The molecule has 632 valence electrons. The van der Waals surface area contributed by atoms with Gasteiger partial charge < -0.3 is 19.6 Å². The van der Waals surface area contributed by atoms with E-state index in [2.05, 4.69) is 439 Å². The predicted molar refractivity (Wildman–Crippen MR) is 543 cm³/mol. The Morgan fingerprint density at radius 1 is 0.242 bits per heavy atom. The molecule has 0 spiro atoms. The molecule has 0 N–H and O–H groups in total. The molecular weight excluding hydrogens is 1500 g/mol. The third-order valence-corrected chi connectivity index (χ3v) is 28.6. The summed E-state index contributed by atoms with van der Waals surface area (Å²) in [6.45, 7) is 67.6. The highest BCUT2D eigenvalue weighted by molar-refractivity contribution is 6.32. The minimum atomic E-state index is -0.00180. The number of aryl methyl sites for hydroxylation is 13. The fourth-order valence-corrected chi connectivity index (χ4v) is 20.9. The van der Waals surface area contributed by atoms with Gasteiger partial charge in [-0.15, -0.1) is 0 Å². The lowest BCUT2D eigenvalue weighted by molar-refractivity contribution is 0.475. The number of para-hydroxylation sites is 2. The van der Waals surface area contributed by atoms with E-state index >= 15 is 0 Å². The van der Waals surface area contributed by atoms with Crippen LogP contribution < -0.4 is 19.6 Å². The zero-order chi connectivity index (χ0) is 88.6. The van der Waals surface area contributed by atoms with Crippen molar-refractivity contribution in [3.8, 4) is 0 Å². The molecule has 4 nitrogen and oxygen atoms in total. The number of anilines is 12. The fourth-order valence-electron chi connectivity index (χ4n) is 20.9. The van der Waals surface area contributed by atoms with E-state index in [9.17, 15) is 0 Å². The lowest BCUT2D eigenvalue weighted by Gasteiger charge is -2.38. The monoisotopic (exact) mass is 1630 g/mol. The Morgan fingerprint density at radius 3 is 0.887 bits per heavy atom. The molecule has 0 fully saturated rings. The molecule has 16 aromatic carbocycles. The van der Waals surface area contributed by atoms with Gasteiger partial charge in [0, 0.05) is 77.8 Å². The zero-order valence-corrected chi connectivity index (χ0v) is 80.0. The third kappa shape index (κ3) is 14.6. The van der Waals surface area contributed by atoms with Crippen molar-refractivity contribution in [3.63, 3.8) is 0 Å². The van der Waals surface area contributed by atoms with Crippen molar-refractivity contribution in [1.29, 1.82) is 0 Å². The summed E-state index contributed by atoms with van der Waals surface area (Å²) in [4.78, 5) is 10.4. The van der Waals surface area contributed by atoms with Crippen LogP contribution in [-0.4, -0.2) is 0 Å². The maximum absolute atomic E-state index is 2.62. The van der Waals surface area contributed by atoms with Gasteiger partial charge >= 0.3 is 0 Å². The van der Waals surface area contributed by atoms with Crippen molar-refractivity contribution in [1.82, 2.24) is 0 Å². The highest BCUT2D eigenvalue weighted by Gasteiger charge is 2.39. The molecule has 2 aliphatic rings. The van der Waals surface area contributed by atoms with Gasteiger partial charge in [0.2, 0.25) is 0 Å². The molecule has 18 rings (SSSR count). The average Bonchev–Trinajstić information content (AvgIpc) is 0.693. The third-order valence-electron chi connectivity index (χ3n) is 28.6. The van der Waals surface area contributed by atoms with Crippen LogP contribution in [0.3, 0.4) is 0 Å². The first-order valence-corrected chi connectivity index (χ1v) is 45.9. The van der Waals surface area contributed by atoms with Crippen LogP contribution in [0.4, 0.5) is 68.2 Å². The molecule has 0 heterocycles. The Bertz CT molecular complexity index is 6960. The second-order valence-electron chi connectivity index (χ2n) is 43.2. The molecule has 2 aliphatic carbocycles. The summed E-state index contributed by atoms with van der Waals surface area (Å²) in [6.07, 6.45) is 4.28. The van der Waals surface area contributed by atoms with E-state index < -0.39 is 0 Å². The molecule has 0 saturated heterocycles. The molecule has 0 aliphatic heterocycles. The molecular formula is C120H132N4. The van der Waals surface area contributed by atoms with E-state index in [0.29, 0.717) is 5.92 Å². The van der Waals surface area contributed by atoms with E-state index in [4.69, 9.17) is 0 Å². The van der Waals surface area contributed by atoms with Gasteiger partial charge in [0.1, 0.15) is 0 Å². The summed E-state index contributed by atoms with van der Waals surface area (Å²) >= 11 is 0. The number of hydrogen-bond donors (Lipinski definition) is 0. The first-order chi connectivity index (χ1) is 58.4. The van der Waals surface area contributed by atoms with E-state index in [1.807, 2.05) is 0 Å². The molecule has 124 heavy (non-hydrogen) atoms. The molecule has 0 bridgehead atoms. The lowest BCUT2D eigenvalue weighted by atomic mass is 9.70. The summed E-state index contributed by atoms with van der Waals surface area (Å²) in [6, 6.07) is 85.6. The van der Waals surface area contributed by atoms with E-state index in [0.717, 1.165) is 25.7 Å². The molecule has 16 aromatic rings. The minimum absolute atomic E-state index is 0.000333. The Morgan fingerprint density at radius 2 is 0.548 bits per heavy atom. The van der Waals surface area contributed by atoms with E-state index in [1.54, 1.807) is 0 Å². The first-order valence-electron chi connectivity index (χ1n) is 45.9. The molecule has 0 amide bonds. The van der Waals surface area contributed by atoms with Crippen LogP contribution in [0.5, 0.6) is 0 Å². The van der Waals surface area contributed by atoms with Crippen molar-refractivity contribution in [2.75, 3.05) is 19.6 Å². The molecule has 0 aromatic heterocycles. The van der Waals surface area contributed by atoms with Crippen molar-refractivity contribution < 1.29 is 0 Å². The van der Waals surface area contributed by atoms with Crippen LogP contribution in [0.1, 0.15) is 255 Å². The van der Waals surface area contributed by atoms with Crippen molar-refractivity contribution in [3.05, 3.63) is 330 Å². The maximum Gasteiger partial charge on any atom is 0.0543 e. The van der Waals surface area contributed by atoms with Gasteiger partial charge in [-0.05, 0) is 358 Å². The van der Waals surface area contributed by atoms with Gasteiger partial charge in [-0.25, -0.2) is 0 Å². The number of benzene rings is 16. The molecule has 0 unspecified atom stereocenters. The van der Waals surface area contributed by atoms with Crippen LogP contribution >= 0.6 is 0 Å². The van der Waals surface area contributed by atoms with Gasteiger partial charge in [-0.1, -0.05) is 269 Å². The Balaban J connectivity index is 0.000000176. The van der Waals surface area contributed by atoms with Gasteiger partial charge in [-0.2, -0.15) is 0 Å². The SMILES string of the molecule is Cc1ccc(N(c2cc(C(C)(C)C)ccc2C)c2cc(C)c3ccc4c(N(c5ccc(C)cc5C)c5cc(C(C)(C)C)ccc5C)cc5c6c(cc2c3c46)C(C)(C)CC5)c(C)c1.Cc1ccccc1N(c1cc(C(C)(C)C)ccc1C)c1cc(C(C)C)c2ccc3c(N(c4ccccc4C)c4cc(C(C)(C)C)ccc4C)cc4c5c(cc1c2c35)C(C)(C)CC4. The van der Waals surface area contributed by atoms with E-state index in [1.165, 1.54) is 244 Å². The van der Waals surface area contributed by atoms with Crippen LogP contribution in [0.25, 0.3) is 64.6 Å². The topological polar surface area (TPSA) is 13.0 Å². The predicted octanol–water partition coefficient (Wildman–Crippen LogP) is 35.2. The second kappa shape index (κ2) is 30.6. The first kappa shape index (κ1) is 85.0. The largest absolute Gasteiger partial charge is 0.309 e. The number of rotatable bonds is 13. The fraction of sp³-hybridized carbons (Fsp3) is 0.333. The zero-order valence-electron chi connectivity index (χ0n) is 80.0. The number of nitrogens with zero attached hydrogens (tertiary/aromatic N) is 4. The van der Waals surface area contributed by atoms with Gasteiger partial charge in [0.25, 0.3) is 0 Å². The normalized spacial score (nSPS) is 14.1. The molecule has 4 heteroatoms. The maximum atomic E-state index is 2.62. The summed E-state index contributed by atoms with van der Waals surface area (Å²) in [5.74, 6) is 0.313. The van der Waals surface area contributed by atoms with Crippen molar-refractivity contribution >= 4 is 133 Å². The molecule has 0 radical (unpaired) electrons. The average molecular weight is 1630 g/mol. The summed E-state index contributed by atoms with van der Waals surface area (Å²) in [7, 11) is 0. The van der Waals surface area contributed by atoms with Crippen LogP contribution in [0.2, 0.25) is 0 Å².